The maximum absolute atomic E-state index is 12.4. The monoisotopic (exact) mass is 310 g/mol. The minimum atomic E-state index is -0.150. The second kappa shape index (κ2) is 5.94. The van der Waals surface area contributed by atoms with E-state index >= 15 is 0 Å². The molecular weight excluding hydrogens is 292 g/mol. The van der Waals surface area contributed by atoms with E-state index in [0.29, 0.717) is 22.0 Å². The third-order valence-corrected chi connectivity index (χ3v) is 5.37. The van der Waals surface area contributed by atoms with Crippen molar-refractivity contribution >= 4 is 22.2 Å². The van der Waals surface area contributed by atoms with E-state index in [9.17, 15) is 10.1 Å². The summed E-state index contributed by atoms with van der Waals surface area (Å²) in [7, 11) is 0. The van der Waals surface area contributed by atoms with Crippen LogP contribution in [-0.4, -0.2) is 5.91 Å². The lowest BCUT2D eigenvalue weighted by Crippen LogP contribution is -2.12. The lowest BCUT2D eigenvalue weighted by molar-refractivity contribution is 0.102. The Morgan fingerprint density at radius 1 is 1.36 bits per heavy atom. The second-order valence-electron chi connectivity index (χ2n) is 5.99. The van der Waals surface area contributed by atoms with Gasteiger partial charge in [0.2, 0.25) is 0 Å². The smallest absolute Gasteiger partial charge is 0.256 e. The fourth-order valence-electron chi connectivity index (χ4n) is 2.84. The average molecular weight is 310 g/mol. The Morgan fingerprint density at radius 3 is 2.77 bits per heavy atom. The van der Waals surface area contributed by atoms with Gasteiger partial charge < -0.3 is 5.32 Å². The summed E-state index contributed by atoms with van der Waals surface area (Å²) in [5.74, 6) is 0.456. The van der Waals surface area contributed by atoms with Gasteiger partial charge in [0.05, 0.1) is 5.56 Å². The van der Waals surface area contributed by atoms with E-state index in [1.165, 1.54) is 4.88 Å². The number of carbonyl (C=O) groups is 1. The van der Waals surface area contributed by atoms with Crippen LogP contribution in [0.25, 0.3) is 0 Å². The Labute approximate surface area is 134 Å². The lowest BCUT2D eigenvalue weighted by atomic mass is 9.88. The van der Waals surface area contributed by atoms with Crippen molar-refractivity contribution in [2.45, 2.75) is 33.1 Å². The molecule has 0 fully saturated rings. The predicted octanol–water partition coefficient (Wildman–Crippen LogP) is 4.31. The molecule has 1 aromatic heterocycles. The van der Waals surface area contributed by atoms with Crippen molar-refractivity contribution < 1.29 is 4.79 Å². The Morgan fingerprint density at radius 2 is 2.09 bits per heavy atom. The van der Waals surface area contributed by atoms with Crippen molar-refractivity contribution in [1.82, 2.24) is 0 Å². The minimum absolute atomic E-state index is 0.150. The number of anilines is 1. The first kappa shape index (κ1) is 14.8. The van der Waals surface area contributed by atoms with Crippen LogP contribution < -0.4 is 5.32 Å². The first-order valence-corrected chi connectivity index (χ1v) is 8.32. The van der Waals surface area contributed by atoms with Gasteiger partial charge in [0.1, 0.15) is 11.1 Å². The van der Waals surface area contributed by atoms with Gasteiger partial charge in [0.15, 0.2) is 0 Å². The third kappa shape index (κ3) is 2.77. The van der Waals surface area contributed by atoms with E-state index < -0.39 is 0 Å². The number of fused-ring (bicyclic) bond motifs is 1. The number of nitrogens with zero attached hydrogens (tertiary/aromatic N) is 1. The van der Waals surface area contributed by atoms with Crippen LogP contribution in [0.4, 0.5) is 5.00 Å². The zero-order valence-corrected chi connectivity index (χ0v) is 13.6. The van der Waals surface area contributed by atoms with Crippen molar-refractivity contribution in [2.24, 2.45) is 5.92 Å². The first-order chi connectivity index (χ1) is 10.6. The van der Waals surface area contributed by atoms with Crippen LogP contribution in [0.3, 0.4) is 0 Å². The molecule has 4 heteroatoms. The molecule has 1 amide bonds. The summed E-state index contributed by atoms with van der Waals surface area (Å²) in [6.45, 7) is 4.20. The lowest BCUT2D eigenvalue weighted by Gasteiger charge is -2.17. The summed E-state index contributed by atoms with van der Waals surface area (Å²) in [6, 6.07) is 9.75. The molecular formula is C18H18N2OS. The van der Waals surface area contributed by atoms with E-state index in [2.05, 4.69) is 18.3 Å². The van der Waals surface area contributed by atoms with Crippen molar-refractivity contribution in [3.63, 3.8) is 0 Å². The number of nitrogens with one attached hydrogen (secondary N) is 1. The normalized spacial score (nSPS) is 16.7. The molecule has 1 heterocycles. The molecule has 0 radical (unpaired) electrons. The number of hydrogen-bond acceptors (Lipinski definition) is 3. The number of hydrogen-bond donors (Lipinski definition) is 1. The highest BCUT2D eigenvalue weighted by molar-refractivity contribution is 7.16. The molecule has 1 aliphatic rings. The van der Waals surface area contributed by atoms with E-state index in [1.54, 1.807) is 11.3 Å². The molecule has 1 aliphatic carbocycles. The summed E-state index contributed by atoms with van der Waals surface area (Å²) < 4.78 is 0. The summed E-state index contributed by atoms with van der Waals surface area (Å²) in [5, 5.41) is 13.1. The summed E-state index contributed by atoms with van der Waals surface area (Å²) in [5.41, 5.74) is 3.54. The highest BCUT2D eigenvalue weighted by Crippen LogP contribution is 2.39. The zero-order chi connectivity index (χ0) is 15.7. The minimum Gasteiger partial charge on any atom is -0.312 e. The van der Waals surface area contributed by atoms with Gasteiger partial charge in [-0.1, -0.05) is 24.6 Å². The molecule has 3 rings (SSSR count). The van der Waals surface area contributed by atoms with Crippen LogP contribution in [0.1, 0.15) is 45.3 Å². The summed E-state index contributed by atoms with van der Waals surface area (Å²) in [6.07, 6.45) is 3.11. The SMILES string of the molecule is Cc1ccc(C(=O)Nc2sc3c(c2C#N)C[C@H](C)CC3)cc1. The quantitative estimate of drug-likeness (QED) is 0.899. The van der Waals surface area contributed by atoms with Crippen molar-refractivity contribution in [3.05, 3.63) is 51.4 Å². The van der Waals surface area contributed by atoms with Gasteiger partial charge in [-0.15, -0.1) is 11.3 Å². The fourth-order valence-corrected chi connectivity index (χ4v) is 4.03. The molecule has 2 aromatic rings. The number of amides is 1. The van der Waals surface area contributed by atoms with E-state index in [4.69, 9.17) is 0 Å². The molecule has 0 saturated heterocycles. The third-order valence-electron chi connectivity index (χ3n) is 4.16. The zero-order valence-electron chi connectivity index (χ0n) is 12.8. The number of benzene rings is 1. The van der Waals surface area contributed by atoms with Gasteiger partial charge in [-0.2, -0.15) is 5.26 Å². The van der Waals surface area contributed by atoms with Crippen molar-refractivity contribution in [1.29, 1.82) is 5.26 Å². The molecule has 0 bridgehead atoms. The van der Waals surface area contributed by atoms with E-state index in [-0.39, 0.29) is 5.91 Å². The van der Waals surface area contributed by atoms with E-state index in [0.717, 1.165) is 30.4 Å². The molecule has 0 saturated carbocycles. The molecule has 22 heavy (non-hydrogen) atoms. The van der Waals surface area contributed by atoms with Crippen molar-refractivity contribution in [3.8, 4) is 6.07 Å². The Bertz CT molecular complexity index is 753. The number of thiophene rings is 1. The number of nitriles is 1. The van der Waals surface area contributed by atoms with Gasteiger partial charge in [0, 0.05) is 10.4 Å². The van der Waals surface area contributed by atoms with Gasteiger partial charge >= 0.3 is 0 Å². The van der Waals surface area contributed by atoms with Crippen LogP contribution in [-0.2, 0) is 12.8 Å². The molecule has 1 atom stereocenters. The Hall–Kier alpha value is -2.12. The van der Waals surface area contributed by atoms with Crippen LogP contribution >= 0.6 is 11.3 Å². The predicted molar refractivity (Wildman–Crippen MR) is 89.4 cm³/mol. The molecule has 1 N–H and O–H groups in total. The topological polar surface area (TPSA) is 52.9 Å². The summed E-state index contributed by atoms with van der Waals surface area (Å²) >= 11 is 1.56. The largest absolute Gasteiger partial charge is 0.312 e. The number of carbonyl (C=O) groups excluding carboxylic acids is 1. The summed E-state index contributed by atoms with van der Waals surface area (Å²) in [4.78, 5) is 13.6. The standard InChI is InChI=1S/C18H18N2OS/c1-11-3-6-13(7-4-11)17(21)20-18-15(10-19)14-9-12(2)5-8-16(14)22-18/h3-4,6-7,12H,5,8-9H2,1-2H3,(H,20,21)/t12-/m1/s1. The van der Waals surface area contributed by atoms with Crippen molar-refractivity contribution in [2.75, 3.05) is 5.32 Å². The molecule has 3 nitrogen and oxygen atoms in total. The second-order valence-corrected chi connectivity index (χ2v) is 7.09. The Balaban J connectivity index is 1.88. The van der Waals surface area contributed by atoms with Gasteiger partial charge in [-0.05, 0) is 49.8 Å². The van der Waals surface area contributed by atoms with Gasteiger partial charge in [0.25, 0.3) is 5.91 Å². The maximum Gasteiger partial charge on any atom is 0.256 e. The molecule has 0 aliphatic heterocycles. The number of aryl methyl sites for hydroxylation is 2. The van der Waals surface area contributed by atoms with Crippen LogP contribution in [0.5, 0.6) is 0 Å². The van der Waals surface area contributed by atoms with E-state index in [1.807, 2.05) is 31.2 Å². The Kier molecular flexibility index (Phi) is 4.00. The van der Waals surface area contributed by atoms with Crippen LogP contribution in [0.2, 0.25) is 0 Å². The highest BCUT2D eigenvalue weighted by atomic mass is 32.1. The van der Waals surface area contributed by atoms with Crippen LogP contribution in [0, 0.1) is 24.2 Å². The van der Waals surface area contributed by atoms with Gasteiger partial charge in [-0.25, -0.2) is 0 Å². The van der Waals surface area contributed by atoms with Crippen LogP contribution in [0.15, 0.2) is 24.3 Å². The highest BCUT2D eigenvalue weighted by Gasteiger charge is 2.24. The molecule has 1 aromatic carbocycles. The maximum atomic E-state index is 12.4. The first-order valence-electron chi connectivity index (χ1n) is 7.51. The average Bonchev–Trinajstić information content (AvgIpc) is 2.84. The number of rotatable bonds is 2. The molecule has 0 spiro atoms. The molecule has 0 unspecified atom stereocenters. The van der Waals surface area contributed by atoms with Gasteiger partial charge in [-0.3, -0.25) is 4.79 Å². The fraction of sp³-hybridized carbons (Fsp3) is 0.333. The molecule has 112 valence electrons.